The highest BCUT2D eigenvalue weighted by Gasteiger charge is 2.28. The first kappa shape index (κ1) is 19.5. The fourth-order valence-corrected chi connectivity index (χ4v) is 4.36. The van der Waals surface area contributed by atoms with E-state index in [1.807, 2.05) is 12.1 Å². The smallest absolute Gasteiger partial charge is 0.214 e. The van der Waals surface area contributed by atoms with Crippen LogP contribution in [0.15, 0.2) is 24.3 Å². The number of nitrogens with one attached hydrogen (secondary N) is 2. The van der Waals surface area contributed by atoms with Crippen molar-refractivity contribution in [2.45, 2.75) is 56.7 Å². The largest absolute Gasteiger partial charge is 0.282 e. The van der Waals surface area contributed by atoms with Crippen LogP contribution in [0.3, 0.4) is 0 Å². The van der Waals surface area contributed by atoms with Crippen LogP contribution in [0, 0.1) is 17.1 Å². The average Bonchev–Trinajstić information content (AvgIpc) is 3.11. The number of H-pyrrole nitrogens is 1. The first-order valence-corrected chi connectivity index (χ1v) is 10.6. The number of sulfonamides is 1. The van der Waals surface area contributed by atoms with Gasteiger partial charge in [0.1, 0.15) is 5.82 Å². The number of halogens is 1. The molecule has 0 spiro atoms. The van der Waals surface area contributed by atoms with Gasteiger partial charge in [0.25, 0.3) is 0 Å². The van der Waals surface area contributed by atoms with Crippen LogP contribution in [-0.4, -0.2) is 29.9 Å². The Balaban J connectivity index is 1.67. The summed E-state index contributed by atoms with van der Waals surface area (Å²) >= 11 is 0. The molecule has 0 amide bonds. The number of hydrogen-bond donors (Lipinski definition) is 2. The van der Waals surface area contributed by atoms with Crippen molar-refractivity contribution in [1.82, 2.24) is 14.9 Å². The Morgan fingerprint density at radius 2 is 1.93 bits per heavy atom. The molecule has 8 heteroatoms. The molecule has 2 aromatic rings. The summed E-state index contributed by atoms with van der Waals surface area (Å²) < 4.78 is 40.5. The summed E-state index contributed by atoms with van der Waals surface area (Å²) in [7, 11) is -3.25. The van der Waals surface area contributed by atoms with Crippen LogP contribution in [-0.2, 0) is 10.0 Å². The third-order valence-corrected chi connectivity index (χ3v) is 6.94. The first-order valence-electron chi connectivity index (χ1n) is 9.06. The fourth-order valence-electron chi connectivity index (χ4n) is 3.39. The van der Waals surface area contributed by atoms with Crippen LogP contribution in [0.2, 0.25) is 0 Å². The third-order valence-electron chi connectivity index (χ3n) is 5.04. The second kappa shape index (κ2) is 7.79. The van der Waals surface area contributed by atoms with E-state index in [0.29, 0.717) is 11.3 Å². The van der Waals surface area contributed by atoms with E-state index in [0.717, 1.165) is 31.4 Å². The van der Waals surface area contributed by atoms with Gasteiger partial charge < -0.3 is 0 Å². The zero-order valence-corrected chi connectivity index (χ0v) is 16.2. The fraction of sp³-hybridized carbons (Fsp3) is 0.474. The lowest BCUT2D eigenvalue weighted by Crippen LogP contribution is -2.40. The number of rotatable bonds is 5. The van der Waals surface area contributed by atoms with Crippen molar-refractivity contribution in [3.8, 4) is 17.3 Å². The molecular formula is C19H23FN4O2S. The molecule has 0 saturated heterocycles. The zero-order chi connectivity index (χ0) is 19.6. The molecule has 0 aliphatic heterocycles. The second-order valence-electron chi connectivity index (χ2n) is 7.31. The highest BCUT2D eigenvalue weighted by atomic mass is 32.2. The summed E-state index contributed by atoms with van der Waals surface area (Å²) in [5.74, 6) is -0.207. The topological polar surface area (TPSA) is 98.6 Å². The maximum Gasteiger partial charge on any atom is 0.214 e. The molecule has 1 aliphatic carbocycles. The van der Waals surface area contributed by atoms with Crippen molar-refractivity contribution < 1.29 is 12.8 Å². The van der Waals surface area contributed by atoms with Crippen molar-refractivity contribution in [1.29, 1.82) is 5.26 Å². The summed E-state index contributed by atoms with van der Waals surface area (Å²) in [6.45, 7) is 3.34. The molecule has 144 valence electrons. The van der Waals surface area contributed by atoms with Crippen LogP contribution < -0.4 is 4.72 Å². The number of aromatic amines is 1. The Morgan fingerprint density at radius 3 is 2.56 bits per heavy atom. The summed E-state index contributed by atoms with van der Waals surface area (Å²) in [6.07, 6.45) is 3.23. The molecule has 0 unspecified atom stereocenters. The van der Waals surface area contributed by atoms with E-state index in [-0.39, 0.29) is 17.5 Å². The quantitative estimate of drug-likeness (QED) is 0.817. The number of hydrogen-bond acceptors (Lipinski definition) is 4. The molecule has 1 aromatic heterocycles. The standard InChI is InChI=1S/C19H23FN4O2S/c1-12(2)27(25,26)24-17-5-3-14(4-6-17)18-10-19(23-22-18)15-7-13(11-21)8-16(20)9-15/h7-10,12,14,17,24H,3-6H2,1-2H3,(H,22,23)/t14-,17-. The summed E-state index contributed by atoms with van der Waals surface area (Å²) in [4.78, 5) is 0. The van der Waals surface area contributed by atoms with Crippen molar-refractivity contribution in [3.63, 3.8) is 0 Å². The summed E-state index contributed by atoms with van der Waals surface area (Å²) in [5.41, 5.74) is 2.38. The molecule has 1 heterocycles. The van der Waals surface area contributed by atoms with Crippen molar-refractivity contribution in [2.24, 2.45) is 0 Å². The molecule has 27 heavy (non-hydrogen) atoms. The van der Waals surface area contributed by atoms with Gasteiger partial charge in [0.05, 0.1) is 22.6 Å². The molecule has 1 saturated carbocycles. The van der Waals surface area contributed by atoms with E-state index in [1.54, 1.807) is 19.9 Å². The van der Waals surface area contributed by atoms with Gasteiger partial charge in [-0.2, -0.15) is 10.4 Å². The van der Waals surface area contributed by atoms with Crippen LogP contribution in [0.4, 0.5) is 4.39 Å². The minimum absolute atomic E-state index is 0.0301. The molecule has 2 N–H and O–H groups in total. The molecule has 1 aliphatic rings. The first-order chi connectivity index (χ1) is 12.8. The van der Waals surface area contributed by atoms with E-state index in [4.69, 9.17) is 5.26 Å². The Morgan fingerprint density at radius 1 is 1.22 bits per heavy atom. The van der Waals surface area contributed by atoms with Crippen molar-refractivity contribution >= 4 is 10.0 Å². The van der Waals surface area contributed by atoms with Crippen LogP contribution in [0.1, 0.15) is 56.7 Å². The summed E-state index contributed by atoms with van der Waals surface area (Å²) in [6, 6.07) is 7.97. The monoisotopic (exact) mass is 390 g/mol. The molecular weight excluding hydrogens is 367 g/mol. The van der Waals surface area contributed by atoms with Gasteiger partial charge in [-0.05, 0) is 63.8 Å². The molecule has 1 fully saturated rings. The molecule has 6 nitrogen and oxygen atoms in total. The summed E-state index contributed by atoms with van der Waals surface area (Å²) in [5, 5.41) is 15.8. The third kappa shape index (κ3) is 4.54. The van der Waals surface area contributed by atoms with Gasteiger partial charge in [0.15, 0.2) is 0 Å². The molecule has 0 radical (unpaired) electrons. The van der Waals surface area contributed by atoms with Gasteiger partial charge in [0, 0.05) is 23.2 Å². The average molecular weight is 390 g/mol. The van der Waals surface area contributed by atoms with Gasteiger partial charge >= 0.3 is 0 Å². The predicted octanol–water partition coefficient (Wildman–Crippen LogP) is 3.44. The van der Waals surface area contributed by atoms with E-state index >= 15 is 0 Å². The highest BCUT2D eigenvalue weighted by Crippen LogP contribution is 2.34. The molecule has 1 aromatic carbocycles. The van der Waals surface area contributed by atoms with Gasteiger partial charge in [-0.1, -0.05) is 0 Å². The van der Waals surface area contributed by atoms with Gasteiger partial charge in [-0.3, -0.25) is 5.10 Å². The van der Waals surface area contributed by atoms with E-state index in [2.05, 4.69) is 14.9 Å². The Hall–Kier alpha value is -2.24. The predicted molar refractivity (Wildman–Crippen MR) is 101 cm³/mol. The SMILES string of the molecule is CC(C)S(=O)(=O)N[C@H]1CC[C@H](c2cc(-c3cc(F)cc(C#N)c3)n[nH]2)CC1. The normalized spacial score (nSPS) is 20.6. The number of benzene rings is 1. The van der Waals surface area contributed by atoms with Crippen LogP contribution in [0.25, 0.3) is 11.3 Å². The number of nitrogens with zero attached hydrogens (tertiary/aromatic N) is 2. The van der Waals surface area contributed by atoms with Gasteiger partial charge in [0.2, 0.25) is 10.0 Å². The second-order valence-corrected chi connectivity index (χ2v) is 9.58. The molecule has 0 atom stereocenters. The van der Waals surface area contributed by atoms with Crippen molar-refractivity contribution in [2.75, 3.05) is 0 Å². The number of nitriles is 1. The maximum atomic E-state index is 13.7. The lowest BCUT2D eigenvalue weighted by atomic mass is 9.84. The highest BCUT2D eigenvalue weighted by molar-refractivity contribution is 7.90. The minimum Gasteiger partial charge on any atom is -0.282 e. The Kier molecular flexibility index (Phi) is 5.63. The van der Waals surface area contributed by atoms with E-state index < -0.39 is 21.1 Å². The zero-order valence-electron chi connectivity index (χ0n) is 15.4. The Bertz CT molecular complexity index is 954. The minimum atomic E-state index is -3.25. The molecule has 3 rings (SSSR count). The Labute approximate surface area is 158 Å². The molecule has 0 bridgehead atoms. The van der Waals surface area contributed by atoms with Crippen LogP contribution in [0.5, 0.6) is 0 Å². The lowest BCUT2D eigenvalue weighted by molar-refractivity contribution is 0.369. The van der Waals surface area contributed by atoms with Gasteiger partial charge in [-0.25, -0.2) is 17.5 Å². The van der Waals surface area contributed by atoms with Gasteiger partial charge in [-0.15, -0.1) is 0 Å². The van der Waals surface area contributed by atoms with Crippen molar-refractivity contribution in [3.05, 3.63) is 41.3 Å². The van der Waals surface area contributed by atoms with E-state index in [9.17, 15) is 12.8 Å². The maximum absolute atomic E-state index is 13.7. The number of aromatic nitrogens is 2. The lowest BCUT2D eigenvalue weighted by Gasteiger charge is -2.28. The van der Waals surface area contributed by atoms with E-state index in [1.165, 1.54) is 12.1 Å². The van der Waals surface area contributed by atoms with Crippen LogP contribution >= 0.6 is 0 Å².